The van der Waals surface area contributed by atoms with E-state index >= 15 is 0 Å². The molecule has 1 aromatic heterocycles. The number of ether oxygens (including phenoxy) is 2. The minimum atomic E-state index is -1.11. The molecule has 19 heavy (non-hydrogen) atoms. The van der Waals surface area contributed by atoms with Gasteiger partial charge >= 0.3 is 5.97 Å². The number of nitrogens with zero attached hydrogens (tertiary/aromatic N) is 2. The van der Waals surface area contributed by atoms with Gasteiger partial charge in [0, 0.05) is 5.56 Å². The van der Waals surface area contributed by atoms with Crippen LogP contribution in [-0.4, -0.2) is 35.3 Å². The number of carboxylic acid groups (broad SMARTS) is 1. The van der Waals surface area contributed by atoms with Gasteiger partial charge in [-0.05, 0) is 18.2 Å². The Morgan fingerprint density at radius 3 is 2.37 bits per heavy atom. The van der Waals surface area contributed by atoms with Crippen molar-refractivity contribution in [2.24, 2.45) is 0 Å². The summed E-state index contributed by atoms with van der Waals surface area (Å²) in [6.45, 7) is 0. The minimum absolute atomic E-state index is 0.0933. The van der Waals surface area contributed by atoms with Crippen molar-refractivity contribution in [3.8, 4) is 22.8 Å². The molecule has 98 valence electrons. The molecule has 0 atom stereocenters. The van der Waals surface area contributed by atoms with Crippen molar-refractivity contribution in [1.29, 1.82) is 0 Å². The predicted molar refractivity (Wildman–Crippen MR) is 67.5 cm³/mol. The Hall–Kier alpha value is -2.63. The summed E-state index contributed by atoms with van der Waals surface area (Å²) in [6, 6.07) is 5.30. The van der Waals surface area contributed by atoms with Crippen LogP contribution in [0, 0.1) is 0 Å². The third kappa shape index (κ3) is 2.62. The Balaban J connectivity index is 2.38. The molecule has 0 unspecified atom stereocenters. The molecule has 2 aromatic rings. The molecule has 0 fully saturated rings. The van der Waals surface area contributed by atoms with Crippen LogP contribution in [0.2, 0.25) is 0 Å². The third-order valence-corrected chi connectivity index (χ3v) is 2.55. The van der Waals surface area contributed by atoms with E-state index in [-0.39, 0.29) is 5.69 Å². The van der Waals surface area contributed by atoms with Gasteiger partial charge in [0.2, 0.25) is 0 Å². The summed E-state index contributed by atoms with van der Waals surface area (Å²) in [5.74, 6) is 0.0804. The fourth-order valence-corrected chi connectivity index (χ4v) is 1.58. The van der Waals surface area contributed by atoms with Crippen LogP contribution in [0.25, 0.3) is 11.3 Å². The Bertz CT molecular complexity index is 596. The summed E-state index contributed by atoms with van der Waals surface area (Å²) >= 11 is 0. The highest BCUT2D eigenvalue weighted by molar-refractivity contribution is 5.85. The molecule has 1 heterocycles. The van der Waals surface area contributed by atoms with Gasteiger partial charge < -0.3 is 14.6 Å². The first kappa shape index (κ1) is 12.8. The first-order chi connectivity index (χ1) is 9.15. The molecular weight excluding hydrogens is 248 g/mol. The minimum Gasteiger partial charge on any atom is -0.493 e. The smallest absolute Gasteiger partial charge is 0.356 e. The Labute approximate surface area is 109 Å². The van der Waals surface area contributed by atoms with Crippen LogP contribution in [0.5, 0.6) is 11.5 Å². The maximum Gasteiger partial charge on any atom is 0.356 e. The number of aromatic nitrogens is 2. The molecule has 0 aliphatic heterocycles. The summed E-state index contributed by atoms with van der Waals surface area (Å²) in [6.07, 6.45) is 2.62. The first-order valence-corrected chi connectivity index (χ1v) is 5.43. The van der Waals surface area contributed by atoms with Crippen LogP contribution < -0.4 is 9.47 Å². The average molecular weight is 260 g/mol. The van der Waals surface area contributed by atoms with Gasteiger partial charge in [0.15, 0.2) is 17.2 Å². The number of carboxylic acids is 1. The molecule has 0 saturated carbocycles. The van der Waals surface area contributed by atoms with E-state index in [1.54, 1.807) is 32.4 Å². The molecule has 6 heteroatoms. The maximum atomic E-state index is 10.7. The lowest BCUT2D eigenvalue weighted by Gasteiger charge is -2.09. The van der Waals surface area contributed by atoms with Gasteiger partial charge in [-0.15, -0.1) is 0 Å². The molecule has 6 nitrogen and oxygen atoms in total. The van der Waals surface area contributed by atoms with Crippen LogP contribution >= 0.6 is 0 Å². The predicted octanol–water partition coefficient (Wildman–Crippen LogP) is 1.86. The molecule has 2 rings (SSSR count). The van der Waals surface area contributed by atoms with E-state index < -0.39 is 5.97 Å². The fourth-order valence-electron chi connectivity index (χ4n) is 1.58. The SMILES string of the molecule is COc1ccc(-c2cnc(C(=O)O)cn2)cc1OC. The van der Waals surface area contributed by atoms with Crippen LogP contribution in [0.15, 0.2) is 30.6 Å². The molecule has 0 saturated heterocycles. The van der Waals surface area contributed by atoms with Crippen molar-refractivity contribution in [3.05, 3.63) is 36.3 Å². The van der Waals surface area contributed by atoms with E-state index in [1.165, 1.54) is 12.4 Å². The number of benzene rings is 1. The second-order valence-electron chi connectivity index (χ2n) is 3.66. The molecule has 0 spiro atoms. The first-order valence-electron chi connectivity index (χ1n) is 5.43. The number of hydrogen-bond donors (Lipinski definition) is 1. The lowest BCUT2D eigenvalue weighted by molar-refractivity contribution is 0.0690. The van der Waals surface area contributed by atoms with E-state index in [9.17, 15) is 4.79 Å². The quantitative estimate of drug-likeness (QED) is 0.903. The van der Waals surface area contributed by atoms with Gasteiger partial charge in [-0.2, -0.15) is 0 Å². The molecule has 1 aromatic carbocycles. The van der Waals surface area contributed by atoms with Crippen molar-refractivity contribution in [1.82, 2.24) is 9.97 Å². The number of methoxy groups -OCH3 is 2. The van der Waals surface area contributed by atoms with E-state index in [2.05, 4.69) is 9.97 Å². The zero-order valence-electron chi connectivity index (χ0n) is 10.5. The summed E-state index contributed by atoms with van der Waals surface area (Å²) in [5.41, 5.74) is 1.23. The summed E-state index contributed by atoms with van der Waals surface area (Å²) < 4.78 is 10.3. The molecular formula is C13H12N2O4. The summed E-state index contributed by atoms with van der Waals surface area (Å²) in [7, 11) is 3.10. The van der Waals surface area contributed by atoms with Crippen molar-refractivity contribution < 1.29 is 19.4 Å². The third-order valence-electron chi connectivity index (χ3n) is 2.55. The number of carbonyl (C=O) groups is 1. The highest BCUT2D eigenvalue weighted by Gasteiger charge is 2.09. The number of rotatable bonds is 4. The number of hydrogen-bond acceptors (Lipinski definition) is 5. The molecule has 0 amide bonds. The Morgan fingerprint density at radius 2 is 1.84 bits per heavy atom. The Kier molecular flexibility index (Phi) is 3.61. The number of aromatic carboxylic acids is 1. The van der Waals surface area contributed by atoms with Crippen LogP contribution in [0.4, 0.5) is 0 Å². The maximum absolute atomic E-state index is 10.7. The molecule has 0 aliphatic rings. The highest BCUT2D eigenvalue weighted by Crippen LogP contribution is 2.31. The fraction of sp³-hybridized carbons (Fsp3) is 0.154. The van der Waals surface area contributed by atoms with E-state index in [0.717, 1.165) is 5.56 Å². The normalized spacial score (nSPS) is 10.0. The van der Waals surface area contributed by atoms with Gasteiger partial charge in [-0.25, -0.2) is 9.78 Å². The standard InChI is InChI=1S/C13H12N2O4/c1-18-11-4-3-8(5-12(11)19-2)9-6-15-10(7-14-9)13(16)17/h3-7H,1-2H3,(H,16,17). The van der Waals surface area contributed by atoms with Crippen molar-refractivity contribution in [3.63, 3.8) is 0 Å². The average Bonchev–Trinajstić information content (AvgIpc) is 2.46. The van der Waals surface area contributed by atoms with Gasteiger partial charge in [0.1, 0.15) is 0 Å². The van der Waals surface area contributed by atoms with Crippen LogP contribution in [0.3, 0.4) is 0 Å². The summed E-state index contributed by atoms with van der Waals surface area (Å²) in [5, 5.41) is 8.76. The lowest BCUT2D eigenvalue weighted by Crippen LogP contribution is -2.01. The second kappa shape index (κ2) is 5.34. The van der Waals surface area contributed by atoms with Crippen molar-refractivity contribution in [2.45, 2.75) is 0 Å². The van der Waals surface area contributed by atoms with Crippen LogP contribution in [0.1, 0.15) is 10.5 Å². The second-order valence-corrected chi connectivity index (χ2v) is 3.66. The lowest BCUT2D eigenvalue weighted by atomic mass is 10.1. The van der Waals surface area contributed by atoms with Crippen molar-refractivity contribution in [2.75, 3.05) is 14.2 Å². The van der Waals surface area contributed by atoms with E-state index in [4.69, 9.17) is 14.6 Å². The molecule has 0 radical (unpaired) electrons. The van der Waals surface area contributed by atoms with E-state index in [0.29, 0.717) is 17.2 Å². The summed E-state index contributed by atoms with van der Waals surface area (Å²) in [4.78, 5) is 18.6. The van der Waals surface area contributed by atoms with Crippen LogP contribution in [-0.2, 0) is 0 Å². The highest BCUT2D eigenvalue weighted by atomic mass is 16.5. The molecule has 1 N–H and O–H groups in total. The topological polar surface area (TPSA) is 81.5 Å². The van der Waals surface area contributed by atoms with E-state index in [1.807, 2.05) is 0 Å². The van der Waals surface area contributed by atoms with Gasteiger partial charge in [0.05, 0.1) is 32.3 Å². The van der Waals surface area contributed by atoms with Gasteiger partial charge in [-0.1, -0.05) is 0 Å². The van der Waals surface area contributed by atoms with Gasteiger partial charge in [0.25, 0.3) is 0 Å². The molecule has 0 bridgehead atoms. The van der Waals surface area contributed by atoms with Gasteiger partial charge in [-0.3, -0.25) is 4.98 Å². The monoisotopic (exact) mass is 260 g/mol. The Morgan fingerprint density at radius 1 is 1.11 bits per heavy atom. The largest absolute Gasteiger partial charge is 0.493 e. The molecule has 0 aliphatic carbocycles. The zero-order chi connectivity index (χ0) is 13.8. The van der Waals surface area contributed by atoms with Crippen molar-refractivity contribution >= 4 is 5.97 Å². The zero-order valence-corrected chi connectivity index (χ0v) is 10.5.